The normalized spacial score (nSPS) is 14.8. The minimum atomic E-state index is 0.198. The summed E-state index contributed by atoms with van der Waals surface area (Å²) < 4.78 is 0. The first-order valence-electron chi connectivity index (χ1n) is 10.5. The summed E-state index contributed by atoms with van der Waals surface area (Å²) in [4.78, 5) is 10.9. The van der Waals surface area contributed by atoms with Gasteiger partial charge in [-0.25, -0.2) is 0 Å². The Morgan fingerprint density at radius 2 is 1.38 bits per heavy atom. The fourth-order valence-electron chi connectivity index (χ4n) is 4.63. The minimum absolute atomic E-state index is 0.198. The van der Waals surface area contributed by atoms with Gasteiger partial charge in [0.15, 0.2) is 5.78 Å². The number of carbonyl (C=O) groups excluding carboxylic acids is 1. The smallest absolute Gasteiger partial charge is 0.160 e. The largest absolute Gasteiger partial charge is 0.294 e. The van der Waals surface area contributed by atoms with Gasteiger partial charge in [-0.3, -0.25) is 4.79 Å². The molecule has 0 aliphatic heterocycles. The third-order valence-electron chi connectivity index (χ3n) is 6.13. The van der Waals surface area contributed by atoms with Crippen molar-refractivity contribution in [1.29, 1.82) is 0 Å². The molecule has 0 unspecified atom stereocenters. The molecule has 0 saturated carbocycles. The lowest BCUT2D eigenvalue weighted by atomic mass is 9.86. The Kier molecular flexibility index (Phi) is 4.73. The number of hydrogen-bond acceptors (Lipinski definition) is 1. The van der Waals surface area contributed by atoms with Crippen molar-refractivity contribution in [3.8, 4) is 0 Å². The standard InChI is InChI=1S/C18H16.C10H8O/c1-3-7-15-13(5-1)9-11-18-16-8-4-2-6-14(16)10-12-17(15)18;11-10-6-5-8-3-1-2-4-9(8)7-10/h1,3,5,7,9-12H,2,4,6,8H2;1-6H,7H2. The van der Waals surface area contributed by atoms with Crippen molar-refractivity contribution >= 4 is 33.4 Å². The second-order valence-electron chi connectivity index (χ2n) is 7.97. The molecule has 0 saturated heterocycles. The molecule has 2 aliphatic rings. The number of rotatable bonds is 0. The Hall–Kier alpha value is -3.19. The van der Waals surface area contributed by atoms with Crippen molar-refractivity contribution in [3.05, 3.63) is 101 Å². The van der Waals surface area contributed by atoms with Gasteiger partial charge in [-0.05, 0) is 75.6 Å². The van der Waals surface area contributed by atoms with Crippen LogP contribution in [0.3, 0.4) is 0 Å². The molecule has 0 radical (unpaired) electrons. The Bertz CT molecular complexity index is 1250. The molecule has 142 valence electrons. The third kappa shape index (κ3) is 3.49. The van der Waals surface area contributed by atoms with Crippen molar-refractivity contribution in [3.63, 3.8) is 0 Å². The van der Waals surface area contributed by atoms with Crippen LogP contribution in [0.4, 0.5) is 0 Å². The predicted octanol–water partition coefficient (Wildman–Crippen LogP) is 6.70. The van der Waals surface area contributed by atoms with Crippen LogP contribution in [-0.2, 0) is 24.1 Å². The van der Waals surface area contributed by atoms with E-state index in [-0.39, 0.29) is 5.78 Å². The van der Waals surface area contributed by atoms with Crippen LogP contribution in [0, 0.1) is 0 Å². The fourth-order valence-corrected chi connectivity index (χ4v) is 4.63. The monoisotopic (exact) mass is 376 g/mol. The average Bonchev–Trinajstić information content (AvgIpc) is 2.79. The molecule has 0 heterocycles. The van der Waals surface area contributed by atoms with Crippen LogP contribution in [0.1, 0.15) is 35.1 Å². The van der Waals surface area contributed by atoms with Crippen molar-refractivity contribution in [2.45, 2.75) is 32.1 Å². The summed E-state index contributed by atoms with van der Waals surface area (Å²) in [6.07, 6.45) is 9.30. The number of aryl methyl sites for hydroxylation is 2. The first-order chi connectivity index (χ1) is 14.3. The van der Waals surface area contributed by atoms with Gasteiger partial charge < -0.3 is 0 Å². The Balaban J connectivity index is 0.000000142. The van der Waals surface area contributed by atoms with Gasteiger partial charge in [-0.1, -0.05) is 78.9 Å². The molecule has 1 heteroatoms. The van der Waals surface area contributed by atoms with E-state index < -0.39 is 0 Å². The van der Waals surface area contributed by atoms with Crippen LogP contribution in [0.5, 0.6) is 0 Å². The third-order valence-corrected chi connectivity index (χ3v) is 6.13. The highest BCUT2D eigenvalue weighted by Crippen LogP contribution is 2.33. The minimum Gasteiger partial charge on any atom is -0.294 e. The molecule has 2 aliphatic carbocycles. The molecule has 0 atom stereocenters. The summed E-state index contributed by atoms with van der Waals surface area (Å²) in [6.45, 7) is 0. The molecular weight excluding hydrogens is 352 g/mol. The number of ketones is 1. The maximum absolute atomic E-state index is 10.9. The van der Waals surface area contributed by atoms with Crippen molar-refractivity contribution in [1.82, 2.24) is 0 Å². The Morgan fingerprint density at radius 1 is 0.586 bits per heavy atom. The highest BCUT2D eigenvalue weighted by Gasteiger charge is 2.13. The van der Waals surface area contributed by atoms with Crippen LogP contribution < -0.4 is 0 Å². The molecular formula is C28H24O. The van der Waals surface area contributed by atoms with Crippen molar-refractivity contribution < 1.29 is 4.79 Å². The van der Waals surface area contributed by atoms with Gasteiger partial charge in [0.2, 0.25) is 0 Å². The molecule has 0 bridgehead atoms. The van der Waals surface area contributed by atoms with Gasteiger partial charge in [0.05, 0.1) is 0 Å². The summed E-state index contributed by atoms with van der Waals surface area (Å²) in [5.74, 6) is 0.198. The van der Waals surface area contributed by atoms with E-state index in [0.29, 0.717) is 6.42 Å². The number of allylic oxidation sites excluding steroid dienone is 1. The topological polar surface area (TPSA) is 17.1 Å². The molecule has 0 amide bonds. The highest BCUT2D eigenvalue weighted by atomic mass is 16.1. The van der Waals surface area contributed by atoms with Crippen LogP contribution in [0.2, 0.25) is 0 Å². The summed E-state index contributed by atoms with van der Waals surface area (Å²) >= 11 is 0. The van der Waals surface area contributed by atoms with E-state index in [9.17, 15) is 4.79 Å². The Labute approximate surface area is 171 Å². The van der Waals surface area contributed by atoms with Gasteiger partial charge >= 0.3 is 0 Å². The van der Waals surface area contributed by atoms with Crippen LogP contribution in [0.15, 0.2) is 78.9 Å². The molecule has 1 nitrogen and oxygen atoms in total. The van der Waals surface area contributed by atoms with Gasteiger partial charge in [0, 0.05) is 6.42 Å². The molecule has 0 fully saturated rings. The summed E-state index contributed by atoms with van der Waals surface area (Å²) in [5, 5.41) is 5.64. The SMILES string of the molecule is O=C1C=Cc2ccccc2C1.c1ccc2c(c1)ccc1c3c(ccc12)CCCC3. The van der Waals surface area contributed by atoms with Gasteiger partial charge in [0.25, 0.3) is 0 Å². The number of hydrogen-bond donors (Lipinski definition) is 0. The van der Waals surface area contributed by atoms with Crippen LogP contribution in [-0.4, -0.2) is 5.78 Å². The van der Waals surface area contributed by atoms with Crippen LogP contribution >= 0.6 is 0 Å². The van der Waals surface area contributed by atoms with E-state index in [4.69, 9.17) is 0 Å². The number of fused-ring (bicyclic) bond motifs is 6. The predicted molar refractivity (Wildman–Crippen MR) is 122 cm³/mol. The van der Waals surface area contributed by atoms with E-state index >= 15 is 0 Å². The quantitative estimate of drug-likeness (QED) is 0.312. The summed E-state index contributed by atoms with van der Waals surface area (Å²) in [7, 11) is 0. The molecule has 29 heavy (non-hydrogen) atoms. The van der Waals surface area contributed by atoms with E-state index in [0.717, 1.165) is 5.56 Å². The zero-order valence-electron chi connectivity index (χ0n) is 16.5. The molecule has 0 spiro atoms. The maximum atomic E-state index is 10.9. The molecule has 0 aromatic heterocycles. The summed E-state index contributed by atoms with van der Waals surface area (Å²) in [5.41, 5.74) is 5.49. The van der Waals surface area contributed by atoms with Gasteiger partial charge in [0.1, 0.15) is 0 Å². The maximum Gasteiger partial charge on any atom is 0.160 e. The summed E-state index contributed by atoms with van der Waals surface area (Å²) in [6, 6.07) is 25.9. The second kappa shape index (κ2) is 7.67. The second-order valence-corrected chi connectivity index (χ2v) is 7.97. The van der Waals surface area contributed by atoms with Crippen molar-refractivity contribution in [2.75, 3.05) is 0 Å². The molecule has 4 aromatic rings. The number of benzene rings is 4. The lowest BCUT2D eigenvalue weighted by Crippen LogP contribution is -2.04. The van der Waals surface area contributed by atoms with Gasteiger partial charge in [-0.2, -0.15) is 0 Å². The van der Waals surface area contributed by atoms with E-state index in [1.54, 1.807) is 17.2 Å². The number of carbonyl (C=O) groups is 1. The zero-order chi connectivity index (χ0) is 19.6. The van der Waals surface area contributed by atoms with Crippen LogP contribution in [0.25, 0.3) is 27.6 Å². The van der Waals surface area contributed by atoms with Crippen molar-refractivity contribution in [2.24, 2.45) is 0 Å². The Morgan fingerprint density at radius 3 is 2.34 bits per heavy atom. The first kappa shape index (κ1) is 17.9. The van der Waals surface area contributed by atoms with E-state index in [2.05, 4.69) is 48.5 Å². The van der Waals surface area contributed by atoms with E-state index in [1.807, 2.05) is 30.3 Å². The van der Waals surface area contributed by atoms with E-state index in [1.165, 1.54) is 52.8 Å². The lowest BCUT2D eigenvalue weighted by molar-refractivity contribution is -0.114. The molecule has 0 N–H and O–H groups in total. The van der Waals surface area contributed by atoms with Gasteiger partial charge in [-0.15, -0.1) is 0 Å². The average molecular weight is 376 g/mol. The highest BCUT2D eigenvalue weighted by molar-refractivity contribution is 6.08. The fraction of sp³-hybridized carbons (Fsp3) is 0.179. The lowest BCUT2D eigenvalue weighted by Gasteiger charge is -2.18. The molecule has 6 rings (SSSR count). The zero-order valence-corrected chi connectivity index (χ0v) is 16.5. The molecule has 4 aromatic carbocycles. The first-order valence-corrected chi connectivity index (χ1v) is 10.5.